The van der Waals surface area contributed by atoms with E-state index in [1.54, 1.807) is 12.1 Å². The van der Waals surface area contributed by atoms with Crippen molar-refractivity contribution in [3.63, 3.8) is 0 Å². The second-order valence-corrected chi connectivity index (χ2v) is 4.44. The summed E-state index contributed by atoms with van der Waals surface area (Å²) >= 11 is 0. The largest absolute Gasteiger partial charge is 0.507 e. The van der Waals surface area contributed by atoms with E-state index in [1.165, 1.54) is 6.07 Å². The van der Waals surface area contributed by atoms with E-state index < -0.39 is 6.04 Å². The summed E-state index contributed by atoms with van der Waals surface area (Å²) in [5.74, 6) is -0.160. The Balaban J connectivity index is 2.11. The van der Waals surface area contributed by atoms with Gasteiger partial charge in [0.2, 0.25) is 0 Å². The van der Waals surface area contributed by atoms with Gasteiger partial charge < -0.3 is 10.4 Å². The Kier molecular flexibility index (Phi) is 3.01. The number of aryl methyl sites for hydroxylation is 1. The summed E-state index contributed by atoms with van der Waals surface area (Å²) in [4.78, 5) is 11.9. The molecule has 0 bridgehead atoms. The topological polar surface area (TPSA) is 73.1 Å². The van der Waals surface area contributed by atoms with Crippen molar-refractivity contribution >= 4 is 5.91 Å². The zero-order valence-electron chi connectivity index (χ0n) is 9.60. The number of phenolic OH excluding ortho intramolecular Hbond substituents is 1. The Morgan fingerprint density at radius 2 is 2.29 bits per heavy atom. The summed E-state index contributed by atoms with van der Waals surface area (Å²) in [6, 6.07) is 6.50. The smallest absolute Gasteiger partial charge is 0.256 e. The maximum absolute atomic E-state index is 11.9. The van der Waals surface area contributed by atoms with Gasteiger partial charge in [-0.1, -0.05) is 6.07 Å². The normalized spacial score (nSPS) is 16.0. The zero-order chi connectivity index (χ0) is 12.4. The predicted molar refractivity (Wildman–Crippen MR) is 62.4 cm³/mol. The number of carbonyl (C=O) groups is 1. The molecule has 0 radical (unpaired) electrons. The molecule has 1 unspecified atom stereocenters. The average Bonchev–Trinajstić information content (AvgIpc) is 3.09. The quantitative estimate of drug-likeness (QED) is 0.830. The highest BCUT2D eigenvalue weighted by atomic mass is 16.3. The van der Waals surface area contributed by atoms with E-state index in [9.17, 15) is 9.90 Å². The molecule has 1 aliphatic rings. The maximum Gasteiger partial charge on any atom is 0.256 e. The van der Waals surface area contributed by atoms with Crippen molar-refractivity contribution in [2.24, 2.45) is 5.92 Å². The Morgan fingerprint density at radius 3 is 2.82 bits per heavy atom. The first-order valence-corrected chi connectivity index (χ1v) is 5.62. The Morgan fingerprint density at radius 1 is 1.59 bits per heavy atom. The van der Waals surface area contributed by atoms with Gasteiger partial charge in [-0.05, 0) is 43.4 Å². The summed E-state index contributed by atoms with van der Waals surface area (Å²) in [5.41, 5.74) is 1.11. The first-order valence-electron chi connectivity index (χ1n) is 5.62. The van der Waals surface area contributed by atoms with Gasteiger partial charge in [-0.2, -0.15) is 5.26 Å². The molecular formula is C13H14N2O2. The molecule has 4 nitrogen and oxygen atoms in total. The molecule has 1 amide bonds. The van der Waals surface area contributed by atoms with Crippen molar-refractivity contribution < 1.29 is 9.90 Å². The van der Waals surface area contributed by atoms with Crippen LogP contribution in [0.15, 0.2) is 18.2 Å². The van der Waals surface area contributed by atoms with Crippen LogP contribution in [0.1, 0.15) is 28.8 Å². The molecule has 1 aromatic carbocycles. The molecule has 0 saturated heterocycles. The number of carbonyl (C=O) groups excluding carboxylic acids is 1. The van der Waals surface area contributed by atoms with Gasteiger partial charge in [0.25, 0.3) is 5.91 Å². The van der Waals surface area contributed by atoms with E-state index in [1.807, 2.05) is 6.92 Å². The molecule has 0 spiro atoms. The summed E-state index contributed by atoms with van der Waals surface area (Å²) < 4.78 is 0. The number of nitrogens with one attached hydrogen (secondary N) is 1. The molecule has 1 aromatic rings. The van der Waals surface area contributed by atoms with E-state index in [2.05, 4.69) is 11.4 Å². The van der Waals surface area contributed by atoms with Gasteiger partial charge in [0.1, 0.15) is 11.8 Å². The van der Waals surface area contributed by atoms with Crippen molar-refractivity contribution in [3.8, 4) is 11.8 Å². The molecule has 1 atom stereocenters. The maximum atomic E-state index is 11.9. The molecule has 17 heavy (non-hydrogen) atoms. The molecule has 1 fully saturated rings. The Labute approximate surface area is 99.9 Å². The predicted octanol–water partition coefficient (Wildman–Crippen LogP) is 1.73. The van der Waals surface area contributed by atoms with Crippen molar-refractivity contribution in [3.05, 3.63) is 29.3 Å². The molecule has 2 N–H and O–H groups in total. The lowest BCUT2D eigenvalue weighted by Gasteiger charge is -2.11. The van der Waals surface area contributed by atoms with Crippen LogP contribution in [0.4, 0.5) is 0 Å². The number of hydrogen-bond acceptors (Lipinski definition) is 3. The molecule has 2 rings (SSSR count). The number of benzene rings is 1. The standard InChI is InChI=1S/C13H14N2O2/c1-8-2-5-10(12(16)6-8)13(17)15-11(7-14)9-3-4-9/h2,5-6,9,11,16H,3-4H2,1H3,(H,15,17). The molecule has 1 aliphatic carbocycles. The van der Waals surface area contributed by atoms with Crippen molar-refractivity contribution in [2.75, 3.05) is 0 Å². The third-order valence-corrected chi connectivity index (χ3v) is 2.92. The number of nitrogens with zero attached hydrogens (tertiary/aromatic N) is 1. The molecule has 0 heterocycles. The van der Waals surface area contributed by atoms with Gasteiger partial charge in [0.15, 0.2) is 0 Å². The highest BCUT2D eigenvalue weighted by Crippen LogP contribution is 2.32. The fourth-order valence-corrected chi connectivity index (χ4v) is 1.74. The van der Waals surface area contributed by atoms with Gasteiger partial charge >= 0.3 is 0 Å². The number of phenols is 1. The van der Waals surface area contributed by atoms with E-state index in [0.29, 0.717) is 0 Å². The lowest BCUT2D eigenvalue weighted by Crippen LogP contribution is -2.35. The first kappa shape index (κ1) is 11.5. The average molecular weight is 230 g/mol. The van der Waals surface area contributed by atoms with E-state index in [0.717, 1.165) is 18.4 Å². The van der Waals surface area contributed by atoms with Crippen LogP contribution in [0.3, 0.4) is 0 Å². The van der Waals surface area contributed by atoms with Crippen molar-refractivity contribution in [1.82, 2.24) is 5.32 Å². The first-order chi connectivity index (χ1) is 8.11. The second kappa shape index (κ2) is 4.46. The number of nitriles is 1. The highest BCUT2D eigenvalue weighted by molar-refractivity contribution is 5.97. The zero-order valence-corrected chi connectivity index (χ0v) is 9.60. The minimum Gasteiger partial charge on any atom is -0.507 e. The van der Waals surface area contributed by atoms with Crippen LogP contribution >= 0.6 is 0 Å². The van der Waals surface area contributed by atoms with Crippen LogP contribution in [0.5, 0.6) is 5.75 Å². The molecule has 0 aliphatic heterocycles. The van der Waals surface area contributed by atoms with E-state index in [-0.39, 0.29) is 23.1 Å². The molecular weight excluding hydrogens is 216 g/mol. The van der Waals surface area contributed by atoms with Crippen LogP contribution in [0, 0.1) is 24.2 Å². The summed E-state index contributed by atoms with van der Waals surface area (Å²) in [6.45, 7) is 1.84. The van der Waals surface area contributed by atoms with Crippen LogP contribution < -0.4 is 5.32 Å². The highest BCUT2D eigenvalue weighted by Gasteiger charge is 2.32. The van der Waals surface area contributed by atoms with Crippen LogP contribution in [0.2, 0.25) is 0 Å². The molecule has 4 heteroatoms. The van der Waals surface area contributed by atoms with Crippen molar-refractivity contribution in [1.29, 1.82) is 5.26 Å². The third kappa shape index (κ3) is 2.56. The summed E-state index contributed by atoms with van der Waals surface area (Å²) in [5, 5.41) is 21.2. The fourth-order valence-electron chi connectivity index (χ4n) is 1.74. The number of hydrogen-bond donors (Lipinski definition) is 2. The van der Waals surface area contributed by atoms with Gasteiger partial charge in [-0.3, -0.25) is 4.79 Å². The summed E-state index contributed by atoms with van der Waals surface area (Å²) in [7, 11) is 0. The minimum atomic E-state index is -0.441. The lowest BCUT2D eigenvalue weighted by atomic mass is 10.1. The Hall–Kier alpha value is -2.02. The molecule has 88 valence electrons. The number of rotatable bonds is 3. The minimum absolute atomic E-state index is 0.0463. The van der Waals surface area contributed by atoms with Gasteiger partial charge in [-0.25, -0.2) is 0 Å². The Bertz CT molecular complexity index is 487. The van der Waals surface area contributed by atoms with Crippen LogP contribution in [-0.4, -0.2) is 17.1 Å². The molecule has 1 saturated carbocycles. The van der Waals surface area contributed by atoms with Crippen LogP contribution in [0.25, 0.3) is 0 Å². The SMILES string of the molecule is Cc1ccc(C(=O)NC(C#N)C2CC2)c(O)c1. The lowest BCUT2D eigenvalue weighted by molar-refractivity contribution is 0.0939. The second-order valence-electron chi connectivity index (χ2n) is 4.44. The number of aromatic hydroxyl groups is 1. The monoisotopic (exact) mass is 230 g/mol. The summed E-state index contributed by atoms with van der Waals surface area (Å²) in [6.07, 6.45) is 1.97. The number of amides is 1. The van der Waals surface area contributed by atoms with E-state index in [4.69, 9.17) is 5.26 Å². The van der Waals surface area contributed by atoms with Gasteiger partial charge in [-0.15, -0.1) is 0 Å². The van der Waals surface area contributed by atoms with Crippen LogP contribution in [-0.2, 0) is 0 Å². The van der Waals surface area contributed by atoms with Gasteiger partial charge in [0.05, 0.1) is 11.6 Å². The van der Waals surface area contributed by atoms with Crippen molar-refractivity contribution in [2.45, 2.75) is 25.8 Å². The van der Waals surface area contributed by atoms with Gasteiger partial charge in [0, 0.05) is 0 Å². The molecule has 0 aromatic heterocycles. The van der Waals surface area contributed by atoms with E-state index >= 15 is 0 Å². The fraction of sp³-hybridized carbons (Fsp3) is 0.385. The third-order valence-electron chi connectivity index (χ3n) is 2.92.